The van der Waals surface area contributed by atoms with Gasteiger partial charge < -0.3 is 15.4 Å². The van der Waals surface area contributed by atoms with Crippen LogP contribution in [0.25, 0.3) is 0 Å². The molecule has 0 radical (unpaired) electrons. The zero-order valence-corrected chi connectivity index (χ0v) is 11.6. The van der Waals surface area contributed by atoms with Crippen LogP contribution in [0.15, 0.2) is 23.3 Å². The topological polar surface area (TPSA) is 58.5 Å². The van der Waals surface area contributed by atoms with Crippen molar-refractivity contribution < 1.29 is 4.74 Å². The molecule has 1 aromatic heterocycles. The normalized spacial score (nSPS) is 16.4. The Morgan fingerprint density at radius 1 is 1.42 bits per heavy atom. The van der Waals surface area contributed by atoms with Crippen LogP contribution in [0.4, 0.5) is 0 Å². The molecule has 1 fully saturated rings. The van der Waals surface area contributed by atoms with E-state index in [-0.39, 0.29) is 0 Å². The van der Waals surface area contributed by atoms with Gasteiger partial charge in [0.2, 0.25) is 5.88 Å². The second-order valence-corrected chi connectivity index (χ2v) is 4.70. The lowest BCUT2D eigenvalue weighted by Crippen LogP contribution is -2.34. The minimum Gasteiger partial charge on any atom is -0.474 e. The highest BCUT2D eigenvalue weighted by Gasteiger charge is 2.16. The highest BCUT2D eigenvalue weighted by atomic mass is 16.5. The predicted octanol–water partition coefficient (Wildman–Crippen LogP) is 1.70. The number of nitrogens with one attached hydrogen (secondary N) is 2. The fourth-order valence-corrected chi connectivity index (χ4v) is 2.23. The van der Waals surface area contributed by atoms with E-state index in [9.17, 15) is 0 Å². The first-order chi connectivity index (χ1) is 9.31. The van der Waals surface area contributed by atoms with Crippen LogP contribution in [-0.4, -0.2) is 31.1 Å². The molecule has 2 N–H and O–H groups in total. The Balaban J connectivity index is 1.83. The Morgan fingerprint density at radius 3 is 2.79 bits per heavy atom. The second-order valence-electron chi connectivity index (χ2n) is 4.70. The molecule has 2 rings (SSSR count). The van der Waals surface area contributed by atoms with E-state index >= 15 is 0 Å². The fraction of sp³-hybridized carbons (Fsp3) is 0.571. The van der Waals surface area contributed by atoms with Gasteiger partial charge in [0.15, 0.2) is 5.96 Å². The number of rotatable bonds is 4. The van der Waals surface area contributed by atoms with E-state index in [1.54, 1.807) is 7.05 Å². The van der Waals surface area contributed by atoms with Crippen LogP contribution < -0.4 is 15.4 Å². The summed E-state index contributed by atoms with van der Waals surface area (Å²) in [6.45, 7) is 0.699. The summed E-state index contributed by atoms with van der Waals surface area (Å²) in [5, 5.41) is 6.16. The van der Waals surface area contributed by atoms with E-state index in [2.05, 4.69) is 20.6 Å². The highest BCUT2D eigenvalue weighted by Crippen LogP contribution is 2.22. The Labute approximate surface area is 114 Å². The molecular weight excluding hydrogens is 240 g/mol. The second kappa shape index (κ2) is 6.97. The molecule has 19 heavy (non-hydrogen) atoms. The number of ether oxygens (including phenoxy) is 1. The van der Waals surface area contributed by atoms with Crippen molar-refractivity contribution in [3.63, 3.8) is 0 Å². The summed E-state index contributed by atoms with van der Waals surface area (Å²) in [7, 11) is 3.59. The Kier molecular flexibility index (Phi) is 5.01. The summed E-state index contributed by atoms with van der Waals surface area (Å²) in [5.74, 6) is 1.50. The maximum atomic E-state index is 5.83. The first kappa shape index (κ1) is 13.6. The van der Waals surface area contributed by atoms with Crippen molar-refractivity contribution in [2.45, 2.75) is 38.3 Å². The molecule has 0 unspecified atom stereocenters. The summed E-state index contributed by atoms with van der Waals surface area (Å²) in [4.78, 5) is 8.41. The lowest BCUT2D eigenvalue weighted by atomic mass is 10.3. The zero-order chi connectivity index (χ0) is 13.5. The molecule has 5 heteroatoms. The third kappa shape index (κ3) is 4.12. The van der Waals surface area contributed by atoms with E-state index in [4.69, 9.17) is 4.74 Å². The van der Waals surface area contributed by atoms with Gasteiger partial charge in [0.1, 0.15) is 6.10 Å². The van der Waals surface area contributed by atoms with Crippen molar-refractivity contribution in [2.24, 2.45) is 4.99 Å². The van der Waals surface area contributed by atoms with Crippen molar-refractivity contribution in [3.8, 4) is 5.88 Å². The van der Waals surface area contributed by atoms with Gasteiger partial charge in [0.25, 0.3) is 0 Å². The van der Waals surface area contributed by atoms with Crippen LogP contribution >= 0.6 is 0 Å². The maximum Gasteiger partial charge on any atom is 0.213 e. The van der Waals surface area contributed by atoms with Gasteiger partial charge in [0, 0.05) is 32.9 Å². The average molecular weight is 262 g/mol. The number of hydrogen-bond acceptors (Lipinski definition) is 3. The van der Waals surface area contributed by atoms with Gasteiger partial charge in [-0.15, -0.1) is 0 Å². The van der Waals surface area contributed by atoms with Gasteiger partial charge in [-0.3, -0.25) is 4.99 Å². The molecular formula is C14H22N4O. The van der Waals surface area contributed by atoms with Crippen molar-refractivity contribution in [1.82, 2.24) is 15.6 Å². The first-order valence-electron chi connectivity index (χ1n) is 6.82. The summed E-state index contributed by atoms with van der Waals surface area (Å²) >= 11 is 0. The van der Waals surface area contributed by atoms with Crippen molar-refractivity contribution in [1.29, 1.82) is 0 Å². The molecule has 1 aliphatic rings. The molecule has 0 amide bonds. The largest absolute Gasteiger partial charge is 0.474 e. The Bertz CT molecular complexity index is 410. The van der Waals surface area contributed by atoms with Crippen LogP contribution in [-0.2, 0) is 6.54 Å². The molecule has 0 saturated heterocycles. The summed E-state index contributed by atoms with van der Waals surface area (Å²) in [6.07, 6.45) is 7.07. The van der Waals surface area contributed by atoms with E-state index in [0.717, 1.165) is 30.2 Å². The number of hydrogen-bond donors (Lipinski definition) is 2. The number of aromatic nitrogens is 1. The quantitative estimate of drug-likeness (QED) is 0.640. The SMILES string of the molecule is CN=C(NC)NCc1ccc(OC2CCCC2)nc1. The molecule has 0 atom stereocenters. The average Bonchev–Trinajstić information content (AvgIpc) is 2.95. The lowest BCUT2D eigenvalue weighted by Gasteiger charge is -2.12. The molecule has 104 valence electrons. The molecule has 0 bridgehead atoms. The van der Waals surface area contributed by atoms with E-state index < -0.39 is 0 Å². The van der Waals surface area contributed by atoms with E-state index in [0.29, 0.717) is 12.6 Å². The molecule has 5 nitrogen and oxygen atoms in total. The highest BCUT2D eigenvalue weighted by molar-refractivity contribution is 5.79. The van der Waals surface area contributed by atoms with Crippen LogP contribution in [0.3, 0.4) is 0 Å². The van der Waals surface area contributed by atoms with Gasteiger partial charge in [-0.05, 0) is 31.2 Å². The fourth-order valence-electron chi connectivity index (χ4n) is 2.23. The monoisotopic (exact) mass is 262 g/mol. The molecule has 0 spiro atoms. The molecule has 1 aromatic rings. The number of nitrogens with zero attached hydrogens (tertiary/aromatic N) is 2. The number of aliphatic imine (C=N–C) groups is 1. The van der Waals surface area contributed by atoms with Crippen molar-refractivity contribution >= 4 is 5.96 Å². The van der Waals surface area contributed by atoms with Gasteiger partial charge in [-0.25, -0.2) is 4.98 Å². The molecule has 1 heterocycles. The number of pyridine rings is 1. The first-order valence-corrected chi connectivity index (χ1v) is 6.82. The molecule has 1 aliphatic carbocycles. The maximum absolute atomic E-state index is 5.83. The predicted molar refractivity (Wildman–Crippen MR) is 76.4 cm³/mol. The van der Waals surface area contributed by atoms with Gasteiger partial charge in [-0.2, -0.15) is 0 Å². The van der Waals surface area contributed by atoms with Crippen molar-refractivity contribution in [3.05, 3.63) is 23.9 Å². The lowest BCUT2D eigenvalue weighted by molar-refractivity contribution is 0.201. The summed E-state index contributed by atoms with van der Waals surface area (Å²) < 4.78 is 5.83. The minimum atomic E-state index is 0.361. The van der Waals surface area contributed by atoms with Crippen LogP contribution in [0, 0.1) is 0 Å². The minimum absolute atomic E-state index is 0.361. The van der Waals surface area contributed by atoms with Crippen LogP contribution in [0.1, 0.15) is 31.2 Å². The standard InChI is InChI=1S/C14H22N4O/c1-15-14(16-2)18-10-11-7-8-13(17-9-11)19-12-5-3-4-6-12/h7-9,12H,3-6,10H2,1-2H3,(H2,15,16,18). The molecule has 0 aromatic carbocycles. The van der Waals surface area contributed by atoms with Crippen LogP contribution in [0.5, 0.6) is 5.88 Å². The summed E-state index contributed by atoms with van der Waals surface area (Å²) in [6, 6.07) is 3.98. The smallest absolute Gasteiger partial charge is 0.213 e. The third-order valence-electron chi connectivity index (χ3n) is 3.31. The van der Waals surface area contributed by atoms with E-state index in [1.165, 1.54) is 12.8 Å². The zero-order valence-electron chi connectivity index (χ0n) is 11.6. The Hall–Kier alpha value is -1.78. The third-order valence-corrected chi connectivity index (χ3v) is 3.31. The van der Waals surface area contributed by atoms with Gasteiger partial charge in [0.05, 0.1) is 0 Å². The molecule has 0 aliphatic heterocycles. The Morgan fingerprint density at radius 2 is 2.21 bits per heavy atom. The number of guanidine groups is 1. The van der Waals surface area contributed by atoms with Gasteiger partial charge >= 0.3 is 0 Å². The molecule has 1 saturated carbocycles. The summed E-state index contributed by atoms with van der Waals surface area (Å²) in [5.41, 5.74) is 1.11. The van der Waals surface area contributed by atoms with Crippen LogP contribution in [0.2, 0.25) is 0 Å². The van der Waals surface area contributed by atoms with Crippen molar-refractivity contribution in [2.75, 3.05) is 14.1 Å². The van der Waals surface area contributed by atoms with E-state index in [1.807, 2.05) is 25.4 Å². The van der Waals surface area contributed by atoms with Gasteiger partial charge in [-0.1, -0.05) is 6.07 Å².